The van der Waals surface area contributed by atoms with Gasteiger partial charge < -0.3 is 24.6 Å². The van der Waals surface area contributed by atoms with Gasteiger partial charge in [-0.2, -0.15) is 8.61 Å². The van der Waals surface area contributed by atoms with Crippen LogP contribution in [0, 0.1) is 0 Å². The second-order valence-electron chi connectivity index (χ2n) is 10.7. The Morgan fingerprint density at radius 1 is 0.732 bits per heavy atom. The van der Waals surface area contributed by atoms with Gasteiger partial charge in [-0.05, 0) is 37.6 Å². The molecule has 0 radical (unpaired) electrons. The van der Waals surface area contributed by atoms with Gasteiger partial charge in [-0.15, -0.1) is 0 Å². The Balaban J connectivity index is 1.55. The van der Waals surface area contributed by atoms with E-state index < -0.39 is 20.0 Å². The van der Waals surface area contributed by atoms with E-state index in [1.165, 1.54) is 20.2 Å². The normalized spacial score (nSPS) is 20.3. The summed E-state index contributed by atoms with van der Waals surface area (Å²) in [5, 5.41) is 3.37. The number of rotatable bonds is 10. The number of nitrogens with one attached hydrogen (secondary N) is 1. The van der Waals surface area contributed by atoms with Crippen molar-refractivity contribution in [3.8, 4) is 0 Å². The minimum Gasteiger partial charge on any atom is -0.384 e. The monoisotopic (exact) mass is 607 g/mol. The zero-order chi connectivity index (χ0) is 28.9. The molecule has 226 valence electrons. The SMILES string of the molecule is CN1CCN(c2cc(NCCCc3ccccc3)c(S(=O)(=O)N3CCOCC3)cc2S(=O)(=O)N2CCOCC2)CC1. The summed E-state index contributed by atoms with van der Waals surface area (Å²) in [6, 6.07) is 13.3. The number of likely N-dealkylation sites (N-methyl/N-ethyl adjacent to an activating group) is 1. The lowest BCUT2D eigenvalue weighted by molar-refractivity contribution is 0.0729. The highest BCUT2D eigenvalue weighted by Gasteiger charge is 2.36. The first-order valence-corrected chi connectivity index (χ1v) is 17.2. The molecule has 1 N–H and O–H groups in total. The number of benzene rings is 2. The van der Waals surface area contributed by atoms with Crippen molar-refractivity contribution in [3.05, 3.63) is 48.0 Å². The summed E-state index contributed by atoms with van der Waals surface area (Å²) in [6.45, 7) is 5.53. The zero-order valence-electron chi connectivity index (χ0n) is 23.7. The van der Waals surface area contributed by atoms with Crippen molar-refractivity contribution in [2.45, 2.75) is 22.6 Å². The molecule has 41 heavy (non-hydrogen) atoms. The highest BCUT2D eigenvalue weighted by Crippen LogP contribution is 2.38. The number of morpholine rings is 2. The molecule has 2 aromatic carbocycles. The Morgan fingerprint density at radius 3 is 1.88 bits per heavy atom. The fourth-order valence-electron chi connectivity index (χ4n) is 5.41. The molecule has 3 fully saturated rings. The third-order valence-corrected chi connectivity index (χ3v) is 11.7. The van der Waals surface area contributed by atoms with Gasteiger partial charge in [0.2, 0.25) is 20.0 Å². The molecule has 0 aliphatic carbocycles. The van der Waals surface area contributed by atoms with Crippen LogP contribution in [-0.2, 0) is 35.9 Å². The maximum atomic E-state index is 14.1. The standard InChI is InChI=1S/C28H41N5O6S2/c1-30-10-12-31(13-11-30)26-22-25(29-9-5-8-24-6-3-2-4-7-24)27(40(34,35)32-14-18-38-19-15-32)23-28(26)41(36,37)33-16-20-39-21-17-33/h2-4,6-7,22-23,29H,5,8-21H2,1H3. The van der Waals surface area contributed by atoms with Gasteiger partial charge in [-0.25, -0.2) is 16.8 Å². The van der Waals surface area contributed by atoms with Crippen molar-refractivity contribution in [3.63, 3.8) is 0 Å². The summed E-state index contributed by atoms with van der Waals surface area (Å²) in [6.07, 6.45) is 1.63. The number of sulfonamides is 2. The number of piperazine rings is 1. The fraction of sp³-hybridized carbons (Fsp3) is 0.571. The highest BCUT2D eigenvalue weighted by molar-refractivity contribution is 7.90. The smallest absolute Gasteiger partial charge is 0.245 e. The zero-order valence-corrected chi connectivity index (χ0v) is 25.3. The van der Waals surface area contributed by atoms with E-state index in [0.29, 0.717) is 57.4 Å². The number of anilines is 2. The Morgan fingerprint density at radius 2 is 1.29 bits per heavy atom. The van der Waals surface area contributed by atoms with Crippen LogP contribution in [0.2, 0.25) is 0 Å². The Hall–Kier alpha value is -2.26. The lowest BCUT2D eigenvalue weighted by atomic mass is 10.1. The van der Waals surface area contributed by atoms with Gasteiger partial charge in [-0.1, -0.05) is 30.3 Å². The Labute approximate surface area is 244 Å². The van der Waals surface area contributed by atoms with Gasteiger partial charge in [0.15, 0.2) is 0 Å². The quantitative estimate of drug-likeness (QED) is 0.402. The van der Waals surface area contributed by atoms with Crippen molar-refractivity contribution in [1.82, 2.24) is 13.5 Å². The van der Waals surface area contributed by atoms with E-state index in [4.69, 9.17) is 9.47 Å². The molecule has 11 nitrogen and oxygen atoms in total. The van der Waals surface area contributed by atoms with E-state index in [-0.39, 0.29) is 36.0 Å². The van der Waals surface area contributed by atoms with Crippen LogP contribution in [0.5, 0.6) is 0 Å². The topological polar surface area (TPSA) is 112 Å². The summed E-state index contributed by atoms with van der Waals surface area (Å²) >= 11 is 0. The Bertz CT molecular complexity index is 1370. The third kappa shape index (κ3) is 7.04. The molecule has 0 unspecified atom stereocenters. The third-order valence-electron chi connectivity index (χ3n) is 7.88. The van der Waals surface area contributed by atoms with E-state index in [0.717, 1.165) is 25.9 Å². The number of hydrogen-bond donors (Lipinski definition) is 1. The van der Waals surface area contributed by atoms with Crippen LogP contribution >= 0.6 is 0 Å². The number of ether oxygens (including phenoxy) is 2. The van der Waals surface area contributed by atoms with E-state index in [2.05, 4.69) is 27.2 Å². The maximum absolute atomic E-state index is 14.1. The summed E-state index contributed by atoms with van der Waals surface area (Å²) in [7, 11) is -5.94. The van der Waals surface area contributed by atoms with Crippen LogP contribution in [0.25, 0.3) is 0 Å². The summed E-state index contributed by atoms with van der Waals surface area (Å²) in [5.74, 6) is 0. The van der Waals surface area contributed by atoms with Gasteiger partial charge in [-0.3, -0.25) is 0 Å². The summed E-state index contributed by atoms with van der Waals surface area (Å²) in [5.41, 5.74) is 2.18. The van der Waals surface area contributed by atoms with Crippen molar-refractivity contribution in [2.75, 3.05) is 103 Å². The number of nitrogens with zero attached hydrogens (tertiary/aromatic N) is 4. The molecule has 0 amide bonds. The predicted molar refractivity (Wildman–Crippen MR) is 159 cm³/mol. The lowest BCUT2D eigenvalue weighted by Gasteiger charge is -2.36. The highest BCUT2D eigenvalue weighted by atomic mass is 32.2. The van der Waals surface area contributed by atoms with Crippen molar-refractivity contribution < 1.29 is 26.3 Å². The average Bonchev–Trinajstić information content (AvgIpc) is 3.00. The minimum atomic E-state index is -4.00. The van der Waals surface area contributed by atoms with E-state index in [9.17, 15) is 16.8 Å². The molecule has 0 saturated carbocycles. The van der Waals surface area contributed by atoms with Crippen LogP contribution in [0.1, 0.15) is 12.0 Å². The molecular formula is C28H41N5O6S2. The first kappa shape index (κ1) is 30.2. The molecule has 0 aromatic heterocycles. The molecule has 0 spiro atoms. The molecular weight excluding hydrogens is 566 g/mol. The fourth-order valence-corrected chi connectivity index (χ4v) is 8.70. The Kier molecular flexibility index (Phi) is 9.85. The molecule has 3 saturated heterocycles. The molecule has 3 aliphatic heterocycles. The number of aryl methyl sites for hydroxylation is 1. The predicted octanol–water partition coefficient (Wildman–Crippen LogP) is 1.52. The van der Waals surface area contributed by atoms with Crippen LogP contribution in [0.15, 0.2) is 52.3 Å². The van der Waals surface area contributed by atoms with Gasteiger partial charge in [0.05, 0.1) is 37.8 Å². The summed E-state index contributed by atoms with van der Waals surface area (Å²) < 4.78 is 69.8. The first-order chi connectivity index (χ1) is 19.8. The maximum Gasteiger partial charge on any atom is 0.245 e. The van der Waals surface area contributed by atoms with Gasteiger partial charge in [0, 0.05) is 58.9 Å². The second-order valence-corrected chi connectivity index (χ2v) is 14.5. The second kappa shape index (κ2) is 13.4. The van der Waals surface area contributed by atoms with Gasteiger partial charge in [0.25, 0.3) is 0 Å². The van der Waals surface area contributed by atoms with Crippen molar-refractivity contribution in [2.24, 2.45) is 0 Å². The van der Waals surface area contributed by atoms with E-state index >= 15 is 0 Å². The average molecular weight is 608 g/mol. The molecule has 3 aliphatic rings. The molecule has 0 atom stereocenters. The van der Waals surface area contributed by atoms with Crippen LogP contribution in [-0.4, -0.2) is 123 Å². The van der Waals surface area contributed by atoms with E-state index in [1.54, 1.807) is 6.07 Å². The summed E-state index contributed by atoms with van der Waals surface area (Å²) in [4.78, 5) is 4.29. The van der Waals surface area contributed by atoms with Crippen molar-refractivity contribution in [1.29, 1.82) is 0 Å². The first-order valence-electron chi connectivity index (χ1n) is 14.3. The lowest BCUT2D eigenvalue weighted by Crippen LogP contribution is -2.46. The van der Waals surface area contributed by atoms with E-state index in [1.807, 2.05) is 25.2 Å². The van der Waals surface area contributed by atoms with Gasteiger partial charge in [0.1, 0.15) is 9.79 Å². The number of hydrogen-bond acceptors (Lipinski definition) is 9. The van der Waals surface area contributed by atoms with Crippen molar-refractivity contribution >= 4 is 31.4 Å². The van der Waals surface area contributed by atoms with Gasteiger partial charge >= 0.3 is 0 Å². The largest absolute Gasteiger partial charge is 0.384 e. The molecule has 2 aromatic rings. The molecule has 13 heteroatoms. The minimum absolute atomic E-state index is 0.0103. The van der Waals surface area contributed by atoms with Crippen LogP contribution in [0.3, 0.4) is 0 Å². The van der Waals surface area contributed by atoms with Crippen LogP contribution < -0.4 is 10.2 Å². The molecule has 0 bridgehead atoms. The molecule has 3 heterocycles. The molecule has 5 rings (SSSR count). The van der Waals surface area contributed by atoms with Crippen LogP contribution in [0.4, 0.5) is 11.4 Å².